The molecule has 1 aliphatic rings. The van der Waals surface area contributed by atoms with Crippen molar-refractivity contribution in [2.75, 3.05) is 19.8 Å². The van der Waals surface area contributed by atoms with Gasteiger partial charge in [-0.3, -0.25) is 4.79 Å². The van der Waals surface area contributed by atoms with Crippen molar-refractivity contribution in [1.82, 2.24) is 5.32 Å². The van der Waals surface area contributed by atoms with Gasteiger partial charge >= 0.3 is 5.97 Å². The minimum Gasteiger partial charge on any atom is -0.478 e. The standard InChI is InChI=1S/C15H19NO4/c1-10-5-11(7-12(6-10)14(18)19)13(17)16-8-15(2)3-4-20-9-15/h5-7H,3-4,8-9H2,1-2H3,(H,16,17)(H,18,19). The summed E-state index contributed by atoms with van der Waals surface area (Å²) in [5.74, 6) is -1.27. The van der Waals surface area contributed by atoms with Crippen molar-refractivity contribution in [2.24, 2.45) is 5.41 Å². The fourth-order valence-electron chi connectivity index (χ4n) is 2.28. The molecule has 1 atom stereocenters. The number of ether oxygens (including phenoxy) is 1. The van der Waals surface area contributed by atoms with E-state index in [-0.39, 0.29) is 16.9 Å². The highest BCUT2D eigenvalue weighted by atomic mass is 16.5. The Morgan fingerprint density at radius 2 is 2.05 bits per heavy atom. The van der Waals surface area contributed by atoms with Gasteiger partial charge in [0.1, 0.15) is 0 Å². The maximum Gasteiger partial charge on any atom is 0.335 e. The van der Waals surface area contributed by atoms with E-state index in [2.05, 4.69) is 12.2 Å². The summed E-state index contributed by atoms with van der Waals surface area (Å²) in [5.41, 5.74) is 1.23. The van der Waals surface area contributed by atoms with Crippen LogP contribution in [0, 0.1) is 12.3 Å². The Balaban J connectivity index is 2.07. The topological polar surface area (TPSA) is 75.6 Å². The molecule has 2 rings (SSSR count). The van der Waals surface area contributed by atoms with Crippen molar-refractivity contribution < 1.29 is 19.4 Å². The van der Waals surface area contributed by atoms with Gasteiger partial charge in [0.05, 0.1) is 12.2 Å². The lowest BCUT2D eigenvalue weighted by Crippen LogP contribution is -2.36. The fraction of sp³-hybridized carbons (Fsp3) is 0.467. The van der Waals surface area contributed by atoms with Crippen molar-refractivity contribution in [1.29, 1.82) is 0 Å². The molecule has 0 bridgehead atoms. The van der Waals surface area contributed by atoms with Crippen LogP contribution in [0.25, 0.3) is 0 Å². The summed E-state index contributed by atoms with van der Waals surface area (Å²) >= 11 is 0. The van der Waals surface area contributed by atoms with Gasteiger partial charge in [-0.1, -0.05) is 6.92 Å². The minimum absolute atomic E-state index is 0.0326. The number of carboxylic acid groups (broad SMARTS) is 1. The van der Waals surface area contributed by atoms with Gasteiger partial charge in [0.25, 0.3) is 5.91 Å². The Morgan fingerprint density at radius 1 is 1.35 bits per heavy atom. The SMILES string of the molecule is Cc1cc(C(=O)O)cc(C(=O)NCC2(C)CCOC2)c1. The molecule has 1 amide bonds. The zero-order valence-electron chi connectivity index (χ0n) is 11.7. The number of carboxylic acids is 1. The lowest BCUT2D eigenvalue weighted by molar-refractivity contribution is 0.0696. The molecular weight excluding hydrogens is 258 g/mol. The van der Waals surface area contributed by atoms with E-state index in [0.29, 0.717) is 18.7 Å². The quantitative estimate of drug-likeness (QED) is 0.880. The summed E-state index contributed by atoms with van der Waals surface area (Å²) in [5, 5.41) is 11.9. The molecular formula is C15H19NO4. The average molecular weight is 277 g/mol. The van der Waals surface area contributed by atoms with Crippen LogP contribution in [0.15, 0.2) is 18.2 Å². The van der Waals surface area contributed by atoms with Crippen LogP contribution in [0.4, 0.5) is 0 Å². The number of carbonyl (C=O) groups excluding carboxylic acids is 1. The lowest BCUT2D eigenvalue weighted by atomic mass is 9.90. The van der Waals surface area contributed by atoms with E-state index in [9.17, 15) is 9.59 Å². The molecule has 20 heavy (non-hydrogen) atoms. The number of nitrogens with one attached hydrogen (secondary N) is 1. The van der Waals surface area contributed by atoms with Crippen molar-refractivity contribution in [3.63, 3.8) is 0 Å². The number of rotatable bonds is 4. The first-order valence-electron chi connectivity index (χ1n) is 6.61. The van der Waals surface area contributed by atoms with Gasteiger partial charge in [0.2, 0.25) is 0 Å². The molecule has 1 aromatic rings. The van der Waals surface area contributed by atoms with Crippen LogP contribution >= 0.6 is 0 Å². The van der Waals surface area contributed by atoms with Crippen LogP contribution in [0.3, 0.4) is 0 Å². The highest BCUT2D eigenvalue weighted by Crippen LogP contribution is 2.26. The summed E-state index contributed by atoms with van der Waals surface area (Å²) in [7, 11) is 0. The maximum atomic E-state index is 12.1. The number of benzene rings is 1. The van der Waals surface area contributed by atoms with Gasteiger partial charge in [-0.25, -0.2) is 4.79 Å². The van der Waals surface area contributed by atoms with Crippen molar-refractivity contribution >= 4 is 11.9 Å². The highest BCUT2D eigenvalue weighted by Gasteiger charge is 2.30. The van der Waals surface area contributed by atoms with E-state index in [0.717, 1.165) is 18.6 Å². The molecule has 1 aromatic carbocycles. The van der Waals surface area contributed by atoms with Crippen molar-refractivity contribution in [3.05, 3.63) is 34.9 Å². The van der Waals surface area contributed by atoms with E-state index in [1.54, 1.807) is 19.1 Å². The predicted molar refractivity (Wildman–Crippen MR) is 74.0 cm³/mol. The van der Waals surface area contributed by atoms with Gasteiger partial charge in [-0.2, -0.15) is 0 Å². The van der Waals surface area contributed by atoms with Gasteiger partial charge in [-0.15, -0.1) is 0 Å². The van der Waals surface area contributed by atoms with Gasteiger partial charge in [0.15, 0.2) is 0 Å². The van der Waals surface area contributed by atoms with Crippen LogP contribution in [0.1, 0.15) is 39.6 Å². The summed E-state index contributed by atoms with van der Waals surface area (Å²) in [6, 6.07) is 4.64. The molecule has 2 N–H and O–H groups in total. The van der Waals surface area contributed by atoms with Crippen LogP contribution in [-0.4, -0.2) is 36.7 Å². The summed E-state index contributed by atoms with van der Waals surface area (Å²) in [6.07, 6.45) is 0.918. The Hall–Kier alpha value is -1.88. The van der Waals surface area contributed by atoms with Crippen LogP contribution in [-0.2, 0) is 4.74 Å². The largest absolute Gasteiger partial charge is 0.478 e. The Morgan fingerprint density at radius 3 is 2.65 bits per heavy atom. The molecule has 1 heterocycles. The van der Waals surface area contributed by atoms with Gasteiger partial charge in [-0.05, 0) is 37.1 Å². The first-order valence-corrected chi connectivity index (χ1v) is 6.61. The molecule has 0 spiro atoms. The number of aromatic carboxylic acids is 1. The normalized spacial score (nSPS) is 21.7. The minimum atomic E-state index is -1.03. The smallest absolute Gasteiger partial charge is 0.335 e. The second kappa shape index (κ2) is 5.63. The van der Waals surface area contributed by atoms with Crippen LogP contribution in [0.2, 0.25) is 0 Å². The third-order valence-corrected chi connectivity index (χ3v) is 3.56. The second-order valence-electron chi connectivity index (χ2n) is 5.69. The zero-order valence-corrected chi connectivity index (χ0v) is 11.7. The third kappa shape index (κ3) is 3.36. The first kappa shape index (κ1) is 14.5. The van der Waals surface area contributed by atoms with Gasteiger partial charge < -0.3 is 15.2 Å². The van der Waals surface area contributed by atoms with E-state index in [4.69, 9.17) is 9.84 Å². The van der Waals surface area contributed by atoms with Crippen molar-refractivity contribution in [2.45, 2.75) is 20.3 Å². The summed E-state index contributed by atoms with van der Waals surface area (Å²) in [6.45, 7) is 5.73. The van der Waals surface area contributed by atoms with E-state index >= 15 is 0 Å². The van der Waals surface area contributed by atoms with Crippen LogP contribution in [0.5, 0.6) is 0 Å². The second-order valence-corrected chi connectivity index (χ2v) is 5.69. The summed E-state index contributed by atoms with van der Waals surface area (Å²) in [4.78, 5) is 23.1. The number of hydrogen-bond acceptors (Lipinski definition) is 3. The molecule has 5 heteroatoms. The molecule has 0 aromatic heterocycles. The van der Waals surface area contributed by atoms with E-state index < -0.39 is 5.97 Å². The molecule has 1 saturated heterocycles. The number of carbonyl (C=O) groups is 2. The highest BCUT2D eigenvalue weighted by molar-refractivity contribution is 5.97. The molecule has 0 saturated carbocycles. The third-order valence-electron chi connectivity index (χ3n) is 3.56. The van der Waals surface area contributed by atoms with Crippen molar-refractivity contribution in [3.8, 4) is 0 Å². The Labute approximate surface area is 117 Å². The molecule has 5 nitrogen and oxygen atoms in total. The fourth-order valence-corrected chi connectivity index (χ4v) is 2.28. The number of aryl methyl sites for hydroxylation is 1. The van der Waals surface area contributed by atoms with E-state index in [1.165, 1.54) is 6.07 Å². The average Bonchev–Trinajstić information content (AvgIpc) is 2.82. The number of hydrogen-bond donors (Lipinski definition) is 2. The lowest BCUT2D eigenvalue weighted by Gasteiger charge is -2.21. The Kier molecular flexibility index (Phi) is 4.09. The summed E-state index contributed by atoms with van der Waals surface area (Å²) < 4.78 is 5.34. The molecule has 1 unspecified atom stereocenters. The molecule has 1 aliphatic heterocycles. The van der Waals surface area contributed by atoms with Crippen LogP contribution < -0.4 is 5.32 Å². The zero-order chi connectivity index (χ0) is 14.8. The molecule has 0 radical (unpaired) electrons. The number of amides is 1. The molecule has 0 aliphatic carbocycles. The van der Waals surface area contributed by atoms with Gasteiger partial charge in [0, 0.05) is 24.1 Å². The monoisotopic (exact) mass is 277 g/mol. The molecule has 108 valence electrons. The molecule has 1 fully saturated rings. The maximum absolute atomic E-state index is 12.1. The Bertz CT molecular complexity index is 533. The first-order chi connectivity index (χ1) is 9.39. The van der Waals surface area contributed by atoms with E-state index in [1.807, 2.05) is 0 Å². The predicted octanol–water partition coefficient (Wildman–Crippen LogP) is 1.85.